The van der Waals surface area contributed by atoms with E-state index in [-0.39, 0.29) is 9.13 Å². The first kappa shape index (κ1) is 12.2. The fourth-order valence-corrected chi connectivity index (χ4v) is 1.75. The number of ether oxygens (including phenoxy) is 1. The Balaban J connectivity index is 3.30. The van der Waals surface area contributed by atoms with E-state index in [1.807, 2.05) is 0 Å². The van der Waals surface area contributed by atoms with Gasteiger partial charge in [-0.3, -0.25) is 4.98 Å². The average Bonchev–Trinajstić information content (AvgIpc) is 2.15. The van der Waals surface area contributed by atoms with Crippen LogP contribution in [0.5, 0.6) is 0 Å². The lowest BCUT2D eigenvalue weighted by Crippen LogP contribution is -2.14. The van der Waals surface area contributed by atoms with Gasteiger partial charge < -0.3 is 4.74 Å². The maximum atomic E-state index is 12.4. The van der Waals surface area contributed by atoms with Gasteiger partial charge in [-0.25, -0.2) is 4.79 Å². The van der Waals surface area contributed by atoms with Gasteiger partial charge in [0.25, 0.3) is 0 Å². The summed E-state index contributed by atoms with van der Waals surface area (Å²) in [6, 6.07) is 1.18. The Bertz CT molecular complexity index is 392. The second-order valence-corrected chi connectivity index (χ2v) is 3.59. The second kappa shape index (κ2) is 4.33. The van der Waals surface area contributed by atoms with Crippen LogP contribution < -0.4 is 0 Å². The molecule has 1 rings (SSSR count). The van der Waals surface area contributed by atoms with Gasteiger partial charge in [-0.15, -0.1) is 0 Å². The van der Waals surface area contributed by atoms with E-state index in [2.05, 4.69) is 9.72 Å². The minimum absolute atomic E-state index is 0.138. The number of hydrogen-bond donors (Lipinski definition) is 0. The highest BCUT2D eigenvalue weighted by atomic mass is 127. The van der Waals surface area contributed by atoms with E-state index in [9.17, 15) is 18.0 Å². The number of alkyl halides is 3. The third kappa shape index (κ3) is 2.58. The Morgan fingerprint density at radius 3 is 2.60 bits per heavy atom. The van der Waals surface area contributed by atoms with Crippen LogP contribution >= 0.6 is 22.6 Å². The van der Waals surface area contributed by atoms with Gasteiger partial charge in [0.2, 0.25) is 0 Å². The molecule has 1 heterocycles. The first-order valence-electron chi connectivity index (χ1n) is 3.68. The topological polar surface area (TPSA) is 39.2 Å². The molecule has 1 aromatic heterocycles. The number of aromatic nitrogens is 1. The molecule has 82 valence electrons. The van der Waals surface area contributed by atoms with Crippen molar-refractivity contribution in [3.05, 3.63) is 27.1 Å². The van der Waals surface area contributed by atoms with Crippen LogP contribution in [0.15, 0.2) is 12.3 Å². The molecule has 1 aromatic rings. The Hall–Kier alpha value is -0.860. The summed E-state index contributed by atoms with van der Waals surface area (Å²) in [5.41, 5.74) is -1.22. The van der Waals surface area contributed by atoms with Crippen molar-refractivity contribution in [3.63, 3.8) is 0 Å². The van der Waals surface area contributed by atoms with Crippen LogP contribution in [0.4, 0.5) is 13.2 Å². The van der Waals surface area contributed by atoms with E-state index in [0.717, 1.165) is 13.3 Å². The largest absolute Gasteiger partial charge is 0.465 e. The zero-order chi connectivity index (χ0) is 11.6. The van der Waals surface area contributed by atoms with Crippen molar-refractivity contribution in [2.45, 2.75) is 6.18 Å². The van der Waals surface area contributed by atoms with Gasteiger partial charge in [-0.2, -0.15) is 13.2 Å². The number of nitrogens with zero attached hydrogens (tertiary/aromatic N) is 1. The first-order chi connectivity index (χ1) is 6.88. The van der Waals surface area contributed by atoms with Crippen LogP contribution in [-0.2, 0) is 10.9 Å². The fourth-order valence-electron chi connectivity index (χ4n) is 0.909. The van der Waals surface area contributed by atoms with Crippen molar-refractivity contribution in [2.75, 3.05) is 7.11 Å². The van der Waals surface area contributed by atoms with Crippen molar-refractivity contribution in [2.24, 2.45) is 0 Å². The molecular formula is C8H5F3INO2. The Labute approximate surface area is 96.8 Å². The number of halogens is 4. The van der Waals surface area contributed by atoms with E-state index in [0.29, 0.717) is 0 Å². The van der Waals surface area contributed by atoms with Crippen molar-refractivity contribution in [1.82, 2.24) is 4.98 Å². The summed E-state index contributed by atoms with van der Waals surface area (Å²) < 4.78 is 41.2. The lowest BCUT2D eigenvalue weighted by Gasteiger charge is -2.09. The Kier molecular flexibility index (Phi) is 3.53. The number of esters is 1. The summed E-state index contributed by atoms with van der Waals surface area (Å²) in [7, 11) is 1.10. The maximum Gasteiger partial charge on any atom is 0.434 e. The molecule has 0 aromatic carbocycles. The number of carbonyl (C=O) groups is 1. The second-order valence-electron chi connectivity index (χ2n) is 2.51. The molecule has 0 bridgehead atoms. The highest BCUT2D eigenvalue weighted by Gasteiger charge is 2.36. The SMILES string of the molecule is COC(=O)c1ccnc(C(F)(F)F)c1I. The summed E-state index contributed by atoms with van der Waals surface area (Å²) in [4.78, 5) is 14.3. The van der Waals surface area contributed by atoms with Crippen molar-refractivity contribution < 1.29 is 22.7 Å². The van der Waals surface area contributed by atoms with Crippen LogP contribution in [-0.4, -0.2) is 18.1 Å². The van der Waals surface area contributed by atoms with Crippen LogP contribution in [0.2, 0.25) is 0 Å². The van der Waals surface area contributed by atoms with Crippen LogP contribution in [0, 0.1) is 3.57 Å². The minimum atomic E-state index is -4.57. The fraction of sp³-hybridized carbons (Fsp3) is 0.250. The quantitative estimate of drug-likeness (QED) is 0.586. The van der Waals surface area contributed by atoms with E-state index < -0.39 is 17.8 Å². The lowest BCUT2D eigenvalue weighted by molar-refractivity contribution is -0.141. The highest BCUT2D eigenvalue weighted by Crippen LogP contribution is 2.32. The zero-order valence-electron chi connectivity index (χ0n) is 7.43. The summed E-state index contributed by atoms with van der Waals surface area (Å²) in [5.74, 6) is -0.813. The van der Waals surface area contributed by atoms with Gasteiger partial charge in [0.15, 0.2) is 5.69 Å². The Morgan fingerprint density at radius 2 is 2.13 bits per heavy atom. The number of rotatable bonds is 1. The molecule has 15 heavy (non-hydrogen) atoms. The third-order valence-corrected chi connectivity index (χ3v) is 2.66. The summed E-state index contributed by atoms with van der Waals surface area (Å²) in [6.45, 7) is 0. The normalized spacial score (nSPS) is 11.3. The molecule has 0 aliphatic heterocycles. The first-order valence-corrected chi connectivity index (χ1v) is 4.75. The lowest BCUT2D eigenvalue weighted by atomic mass is 10.2. The number of hydrogen-bond acceptors (Lipinski definition) is 3. The molecule has 0 fully saturated rings. The molecule has 0 saturated heterocycles. The van der Waals surface area contributed by atoms with Gasteiger partial charge >= 0.3 is 12.1 Å². The molecule has 0 aliphatic carbocycles. The standard InChI is InChI=1S/C8H5F3INO2/c1-15-7(14)4-2-3-13-6(5(4)12)8(9,10)11/h2-3H,1H3. The summed E-state index contributed by atoms with van der Waals surface area (Å²) >= 11 is 1.42. The predicted molar refractivity (Wildman–Crippen MR) is 53.3 cm³/mol. The molecule has 0 radical (unpaired) electrons. The highest BCUT2D eigenvalue weighted by molar-refractivity contribution is 14.1. The molecular weight excluding hydrogens is 326 g/mol. The summed E-state index contributed by atoms with van der Waals surface area (Å²) in [6.07, 6.45) is -3.64. The van der Waals surface area contributed by atoms with Gasteiger partial charge in [-0.05, 0) is 28.7 Å². The van der Waals surface area contributed by atoms with Crippen molar-refractivity contribution in [1.29, 1.82) is 0 Å². The maximum absolute atomic E-state index is 12.4. The molecule has 0 aliphatic rings. The van der Waals surface area contributed by atoms with Crippen LogP contribution in [0.3, 0.4) is 0 Å². The van der Waals surface area contributed by atoms with E-state index in [1.165, 1.54) is 28.7 Å². The van der Waals surface area contributed by atoms with Crippen LogP contribution in [0.25, 0.3) is 0 Å². The number of carbonyl (C=O) groups excluding carboxylic acids is 1. The van der Waals surface area contributed by atoms with E-state index in [4.69, 9.17) is 0 Å². The van der Waals surface area contributed by atoms with Crippen molar-refractivity contribution >= 4 is 28.6 Å². The van der Waals surface area contributed by atoms with Crippen LogP contribution in [0.1, 0.15) is 16.1 Å². The molecule has 0 spiro atoms. The monoisotopic (exact) mass is 331 g/mol. The molecule has 7 heteroatoms. The molecule has 0 atom stereocenters. The molecule has 0 N–H and O–H groups in total. The third-order valence-electron chi connectivity index (χ3n) is 1.56. The van der Waals surface area contributed by atoms with E-state index in [1.54, 1.807) is 0 Å². The molecule has 0 amide bonds. The predicted octanol–water partition coefficient (Wildman–Crippen LogP) is 2.49. The number of pyridine rings is 1. The molecule has 0 saturated carbocycles. The van der Waals surface area contributed by atoms with Gasteiger partial charge in [0, 0.05) is 6.20 Å². The number of methoxy groups -OCH3 is 1. The Morgan fingerprint density at radius 1 is 1.53 bits per heavy atom. The minimum Gasteiger partial charge on any atom is -0.465 e. The van der Waals surface area contributed by atoms with Crippen molar-refractivity contribution in [3.8, 4) is 0 Å². The molecule has 3 nitrogen and oxygen atoms in total. The van der Waals surface area contributed by atoms with E-state index >= 15 is 0 Å². The van der Waals surface area contributed by atoms with Gasteiger partial charge in [0.1, 0.15) is 0 Å². The average molecular weight is 331 g/mol. The smallest absolute Gasteiger partial charge is 0.434 e. The summed E-state index contributed by atoms with van der Waals surface area (Å²) in [5, 5.41) is 0. The van der Waals surface area contributed by atoms with Gasteiger partial charge in [0.05, 0.1) is 16.2 Å². The molecule has 0 unspecified atom stereocenters. The van der Waals surface area contributed by atoms with Gasteiger partial charge in [-0.1, -0.05) is 0 Å². The zero-order valence-corrected chi connectivity index (χ0v) is 9.59.